The topological polar surface area (TPSA) is 289 Å². The van der Waals surface area contributed by atoms with Gasteiger partial charge in [-0.2, -0.15) is 43.7 Å². The molecule has 3 N–H and O–H groups in total. The number of hydrazone groups is 1. The number of anilines is 5. The second kappa shape index (κ2) is 18.7. The number of nitrogens with one attached hydrogen (secondary N) is 2. The van der Waals surface area contributed by atoms with E-state index < -0.39 is 62.8 Å². The van der Waals surface area contributed by atoms with Gasteiger partial charge in [0.1, 0.15) is 25.9 Å². The number of carbonyl (C=O) groups excluding carboxylic acids is 1. The minimum absolute atomic E-state index is 0. The Morgan fingerprint density at radius 2 is 1.32 bits per heavy atom. The molecule has 0 saturated carbocycles. The molecule has 0 fully saturated rings. The fourth-order valence-corrected chi connectivity index (χ4v) is 6.71. The molecule has 1 aliphatic rings. The van der Waals surface area contributed by atoms with Gasteiger partial charge in [-0.15, -0.1) is 0 Å². The maximum absolute atomic E-state index is 13.2. The summed E-state index contributed by atoms with van der Waals surface area (Å²) in [5.41, 5.74) is -0.306. The summed E-state index contributed by atoms with van der Waals surface area (Å²) in [6, 6.07) is 8.27. The van der Waals surface area contributed by atoms with Gasteiger partial charge in [0, 0.05) is 11.4 Å². The molecule has 3 aromatic carbocycles. The Labute approximate surface area is 382 Å². The van der Waals surface area contributed by atoms with E-state index in [1.165, 1.54) is 25.1 Å². The minimum atomic E-state index is -5.13. The summed E-state index contributed by atoms with van der Waals surface area (Å²) >= 11 is 18.1. The summed E-state index contributed by atoms with van der Waals surface area (Å²) in [7, 11) is -14.5. The number of hydrogen-bond acceptors (Lipinski definition) is 17. The number of nitrogens with zero attached hydrogens (tertiary/aromatic N) is 7. The summed E-state index contributed by atoms with van der Waals surface area (Å²) < 4.78 is 102. The molecule has 0 bridgehead atoms. The van der Waals surface area contributed by atoms with Gasteiger partial charge in [-0.05, 0) is 73.1 Å². The van der Waals surface area contributed by atoms with E-state index in [0.717, 1.165) is 41.4 Å². The van der Waals surface area contributed by atoms with Gasteiger partial charge in [-0.25, -0.2) is 16.8 Å². The third-order valence-electron chi connectivity index (χ3n) is 6.38. The van der Waals surface area contributed by atoms with Crippen LogP contribution in [0, 0.1) is 0 Å². The summed E-state index contributed by atoms with van der Waals surface area (Å²) in [6.07, 6.45) is 0. The molecular formula is C25H16Cl3N9Na3O10S3+. The number of hydrogen-bond donors (Lipinski definition) is 3. The summed E-state index contributed by atoms with van der Waals surface area (Å²) in [4.78, 5) is 23.2. The van der Waals surface area contributed by atoms with Gasteiger partial charge >= 0.3 is 88.7 Å². The van der Waals surface area contributed by atoms with Crippen molar-refractivity contribution in [2.24, 2.45) is 15.3 Å². The monoisotopic (exact) mass is 872 g/mol. The number of benzene rings is 3. The Kier molecular flexibility index (Phi) is 16.9. The van der Waals surface area contributed by atoms with E-state index in [0.29, 0.717) is 5.69 Å². The van der Waals surface area contributed by atoms with Crippen molar-refractivity contribution in [3.05, 3.63) is 69.9 Å². The number of aromatic nitrogens is 3. The molecule has 2 heterocycles. The van der Waals surface area contributed by atoms with E-state index in [1.54, 1.807) is 0 Å². The first-order valence-corrected chi connectivity index (χ1v) is 18.5. The third kappa shape index (κ3) is 11.8. The van der Waals surface area contributed by atoms with Crippen LogP contribution in [0.2, 0.25) is 15.3 Å². The van der Waals surface area contributed by atoms with Crippen molar-refractivity contribution in [2.75, 3.05) is 15.6 Å². The van der Waals surface area contributed by atoms with Crippen LogP contribution in [0.25, 0.3) is 0 Å². The van der Waals surface area contributed by atoms with Gasteiger partial charge in [-0.1, -0.05) is 23.2 Å². The van der Waals surface area contributed by atoms with Gasteiger partial charge in [0.25, 0.3) is 16.0 Å². The van der Waals surface area contributed by atoms with Crippen molar-refractivity contribution >= 4 is 111 Å². The van der Waals surface area contributed by atoms with Crippen molar-refractivity contribution in [3.63, 3.8) is 0 Å². The molecule has 262 valence electrons. The van der Waals surface area contributed by atoms with Gasteiger partial charge in [0.2, 0.25) is 17.2 Å². The van der Waals surface area contributed by atoms with Crippen molar-refractivity contribution < 1.29 is 132 Å². The van der Waals surface area contributed by atoms with Crippen LogP contribution in [-0.2, 0) is 35.1 Å². The molecule has 1 amide bonds. The fourth-order valence-electron chi connectivity index (χ4n) is 4.17. The molecule has 0 saturated heterocycles. The van der Waals surface area contributed by atoms with Crippen LogP contribution in [0.4, 0.5) is 34.6 Å². The van der Waals surface area contributed by atoms with Crippen LogP contribution in [0.3, 0.4) is 0 Å². The number of azo groups is 1. The average Bonchev–Trinajstić information content (AvgIpc) is 3.27. The zero-order valence-electron chi connectivity index (χ0n) is 27.4. The zero-order chi connectivity index (χ0) is 36.8. The molecular weight excluding hydrogens is 858 g/mol. The number of halogens is 3. The van der Waals surface area contributed by atoms with Crippen LogP contribution in [0.5, 0.6) is 0 Å². The second-order valence-electron chi connectivity index (χ2n) is 9.84. The van der Waals surface area contributed by atoms with Crippen molar-refractivity contribution in [1.29, 1.82) is 0 Å². The molecule has 0 spiro atoms. The van der Waals surface area contributed by atoms with E-state index >= 15 is 0 Å². The largest absolute Gasteiger partial charge is 1.00 e. The first-order chi connectivity index (χ1) is 23.2. The minimum Gasteiger partial charge on any atom is -0.744 e. The Bertz CT molecular complexity index is 2470. The fraction of sp³-hybridized carbons (Fsp3) is 0.0800. The summed E-state index contributed by atoms with van der Waals surface area (Å²) in [5.74, 6) is -1.18. The zero-order valence-corrected chi connectivity index (χ0v) is 38.1. The van der Waals surface area contributed by atoms with Crippen molar-refractivity contribution in [3.8, 4) is 0 Å². The van der Waals surface area contributed by atoms with Crippen LogP contribution in [0.1, 0.15) is 6.92 Å². The van der Waals surface area contributed by atoms with Crippen LogP contribution >= 0.6 is 34.8 Å². The number of carbonyl (C=O) groups is 1. The Morgan fingerprint density at radius 3 is 1.87 bits per heavy atom. The van der Waals surface area contributed by atoms with Crippen molar-refractivity contribution in [1.82, 2.24) is 15.0 Å². The standard InChI is InChI=1S/C25H18Cl3N9O10S3.3Na/c1-11-21(22(38)37(36-11)18-9-16(27)20(10-15(18)26)50(45,46)47)35-34-17-8-13(4-7-19(17)49(42,43)44)30-25-32-23(28)31-24(33-25)29-12-2-5-14(6-3-12)48(39,40)41;;;/h2-10,21H,1H3,(H,39,40,41)(H,42,43,44)(H,45,46,47)(H2,29,30,31,32,33);;;/q;3*+1/p-2. The Balaban J connectivity index is 0.00000324. The molecule has 4 aromatic rings. The summed E-state index contributed by atoms with van der Waals surface area (Å²) in [5, 5.41) is 16.8. The average molecular weight is 874 g/mol. The quantitative estimate of drug-likeness (QED) is 0.0767. The molecule has 53 heavy (non-hydrogen) atoms. The van der Waals surface area contributed by atoms with Crippen molar-refractivity contribution in [2.45, 2.75) is 27.7 Å². The Hall–Kier alpha value is -1.39. The molecule has 28 heteroatoms. The molecule has 0 radical (unpaired) electrons. The van der Waals surface area contributed by atoms with Crippen LogP contribution in [0.15, 0.2) is 84.6 Å². The summed E-state index contributed by atoms with van der Waals surface area (Å²) in [6.45, 7) is 1.37. The second-order valence-corrected chi connectivity index (χ2v) is 15.1. The maximum Gasteiger partial charge on any atom is 1.00 e. The maximum atomic E-state index is 13.2. The van der Waals surface area contributed by atoms with Crippen LogP contribution in [-0.4, -0.2) is 71.5 Å². The smallest absolute Gasteiger partial charge is 0.744 e. The van der Waals surface area contributed by atoms with Gasteiger partial charge in [-0.3, -0.25) is 9.35 Å². The first kappa shape index (κ1) is 47.8. The van der Waals surface area contributed by atoms with E-state index in [2.05, 4.69) is 40.9 Å². The molecule has 0 aliphatic carbocycles. The van der Waals surface area contributed by atoms with Gasteiger partial charge in [0.05, 0.1) is 36.1 Å². The Morgan fingerprint density at radius 1 is 0.774 bits per heavy atom. The molecule has 1 aromatic heterocycles. The molecule has 1 aliphatic heterocycles. The van der Waals surface area contributed by atoms with Gasteiger partial charge < -0.3 is 19.7 Å². The predicted molar refractivity (Wildman–Crippen MR) is 175 cm³/mol. The number of rotatable bonds is 10. The normalized spacial score (nSPS) is 14.5. The molecule has 1 unspecified atom stereocenters. The molecule has 1 atom stereocenters. The molecule has 5 rings (SSSR count). The predicted octanol–water partition coefficient (Wildman–Crippen LogP) is -4.74. The molecule has 19 nitrogen and oxygen atoms in total. The van der Waals surface area contributed by atoms with Crippen LogP contribution < -0.4 is 104 Å². The van der Waals surface area contributed by atoms with E-state index in [1.807, 2.05) is 0 Å². The SMILES string of the molecule is CC1=NN(c2cc(Cl)c(S(=O)(=O)[O-])cc2Cl)C(=O)C1N=Nc1cc(Nc2nc(Cl)nc(Nc3ccc(S(=O)(=O)O)cc3)n2)ccc1S(=O)(=O)[O-].[Na+].[Na+].[Na+]. The third-order valence-corrected chi connectivity index (χ3v) is 9.90. The van der Waals surface area contributed by atoms with E-state index in [4.69, 9.17) is 39.4 Å². The van der Waals surface area contributed by atoms with E-state index in [9.17, 15) is 39.2 Å². The first-order valence-electron chi connectivity index (χ1n) is 13.1. The van der Waals surface area contributed by atoms with Gasteiger partial charge in [0.15, 0.2) is 6.04 Å². The van der Waals surface area contributed by atoms with E-state index in [-0.39, 0.29) is 133 Å². The number of amides is 1.